The number of benzene rings is 2. The second-order valence-electron chi connectivity index (χ2n) is 5.81. The Bertz CT molecular complexity index is 778. The number of carbonyl (C=O) groups excluding carboxylic acids is 2. The van der Waals surface area contributed by atoms with Gasteiger partial charge in [-0.15, -0.1) is 0 Å². The minimum atomic E-state index is -0.530. The van der Waals surface area contributed by atoms with E-state index in [2.05, 4.69) is 10.6 Å². The molecule has 0 aliphatic heterocycles. The molecule has 0 heterocycles. The molecular formula is C20H22ClFN2O3. The van der Waals surface area contributed by atoms with Gasteiger partial charge in [-0.25, -0.2) is 4.39 Å². The molecule has 2 N–H and O–H groups in total. The van der Waals surface area contributed by atoms with Gasteiger partial charge in [0.25, 0.3) is 5.91 Å². The van der Waals surface area contributed by atoms with Gasteiger partial charge in [0.05, 0.1) is 6.42 Å². The van der Waals surface area contributed by atoms with Gasteiger partial charge in [-0.1, -0.05) is 23.7 Å². The first-order valence-corrected chi connectivity index (χ1v) is 9.07. The molecule has 0 saturated heterocycles. The Morgan fingerprint density at radius 1 is 1.19 bits per heavy atom. The van der Waals surface area contributed by atoms with Crippen molar-refractivity contribution in [3.05, 3.63) is 64.4 Å². The van der Waals surface area contributed by atoms with Crippen LogP contribution < -0.4 is 10.6 Å². The van der Waals surface area contributed by atoms with E-state index in [0.717, 1.165) is 6.42 Å². The van der Waals surface area contributed by atoms with Crippen molar-refractivity contribution in [2.45, 2.75) is 19.8 Å². The van der Waals surface area contributed by atoms with Gasteiger partial charge in [-0.2, -0.15) is 0 Å². The van der Waals surface area contributed by atoms with Crippen molar-refractivity contribution in [1.82, 2.24) is 5.32 Å². The van der Waals surface area contributed by atoms with E-state index >= 15 is 0 Å². The Kier molecular flexibility index (Phi) is 8.23. The second-order valence-corrected chi connectivity index (χ2v) is 6.22. The molecule has 0 aliphatic rings. The zero-order chi connectivity index (χ0) is 19.6. The Morgan fingerprint density at radius 2 is 1.96 bits per heavy atom. The first-order chi connectivity index (χ1) is 13.0. The highest BCUT2D eigenvalue weighted by atomic mass is 35.5. The summed E-state index contributed by atoms with van der Waals surface area (Å²) in [6, 6.07) is 10.8. The number of hydrogen-bond acceptors (Lipinski definition) is 3. The highest BCUT2D eigenvalue weighted by molar-refractivity contribution is 6.31. The van der Waals surface area contributed by atoms with Crippen LogP contribution in [0.3, 0.4) is 0 Å². The molecule has 0 atom stereocenters. The fourth-order valence-electron chi connectivity index (χ4n) is 2.43. The summed E-state index contributed by atoms with van der Waals surface area (Å²) in [7, 11) is 0. The van der Waals surface area contributed by atoms with Crippen molar-refractivity contribution in [2.24, 2.45) is 0 Å². The standard InChI is InChI=1S/C20H22ClFN2O3/c1-2-27-11-5-10-23-20(26)14-6-3-7-15(12-14)24-19(25)13-16-17(21)8-4-9-18(16)22/h3-4,6-9,12H,2,5,10-11,13H2,1H3,(H,23,26)(H,24,25). The van der Waals surface area contributed by atoms with E-state index in [0.29, 0.717) is 31.0 Å². The van der Waals surface area contributed by atoms with Crippen molar-refractivity contribution in [2.75, 3.05) is 25.1 Å². The van der Waals surface area contributed by atoms with Crippen LogP contribution in [0.5, 0.6) is 0 Å². The van der Waals surface area contributed by atoms with Gasteiger partial charge < -0.3 is 15.4 Å². The lowest BCUT2D eigenvalue weighted by Gasteiger charge is -2.09. The third kappa shape index (κ3) is 6.66. The van der Waals surface area contributed by atoms with Gasteiger partial charge in [0.15, 0.2) is 0 Å². The summed E-state index contributed by atoms with van der Waals surface area (Å²) in [4.78, 5) is 24.4. The maximum absolute atomic E-state index is 13.8. The molecule has 0 aromatic heterocycles. The molecular weight excluding hydrogens is 371 g/mol. The van der Waals surface area contributed by atoms with Gasteiger partial charge in [-0.3, -0.25) is 9.59 Å². The number of hydrogen-bond donors (Lipinski definition) is 2. The van der Waals surface area contributed by atoms with Crippen molar-refractivity contribution in [1.29, 1.82) is 0 Å². The largest absolute Gasteiger partial charge is 0.382 e. The number of ether oxygens (including phenoxy) is 1. The third-order valence-electron chi connectivity index (χ3n) is 3.76. The average molecular weight is 393 g/mol. The van der Waals surface area contributed by atoms with E-state index in [9.17, 15) is 14.0 Å². The first-order valence-electron chi connectivity index (χ1n) is 8.70. The molecule has 0 radical (unpaired) electrons. The quantitative estimate of drug-likeness (QED) is 0.637. The van der Waals surface area contributed by atoms with Crippen LogP contribution in [-0.2, 0) is 16.0 Å². The zero-order valence-corrected chi connectivity index (χ0v) is 15.8. The normalized spacial score (nSPS) is 10.5. The molecule has 0 unspecified atom stereocenters. The Hall–Kier alpha value is -2.44. The lowest BCUT2D eigenvalue weighted by atomic mass is 10.1. The summed E-state index contributed by atoms with van der Waals surface area (Å²) in [5.74, 6) is -1.19. The number of rotatable bonds is 9. The predicted molar refractivity (Wildman–Crippen MR) is 104 cm³/mol. The van der Waals surface area contributed by atoms with Gasteiger partial charge >= 0.3 is 0 Å². The van der Waals surface area contributed by atoms with E-state index in [-0.39, 0.29) is 22.9 Å². The summed E-state index contributed by atoms with van der Waals surface area (Å²) >= 11 is 5.94. The molecule has 2 amide bonds. The first kappa shape index (κ1) is 20.9. The molecule has 2 aromatic rings. The number of halogens is 2. The molecule has 5 nitrogen and oxygen atoms in total. The van der Waals surface area contributed by atoms with Crippen LogP contribution in [0.4, 0.5) is 10.1 Å². The van der Waals surface area contributed by atoms with Gasteiger partial charge in [0.1, 0.15) is 5.82 Å². The molecule has 2 rings (SSSR count). The lowest BCUT2D eigenvalue weighted by Crippen LogP contribution is -2.25. The fraction of sp³-hybridized carbons (Fsp3) is 0.300. The number of nitrogens with one attached hydrogen (secondary N) is 2. The lowest BCUT2D eigenvalue weighted by molar-refractivity contribution is -0.115. The minimum Gasteiger partial charge on any atom is -0.382 e. The van der Waals surface area contributed by atoms with E-state index in [1.165, 1.54) is 18.2 Å². The van der Waals surface area contributed by atoms with Crippen LogP contribution in [-0.4, -0.2) is 31.6 Å². The number of amides is 2. The Balaban J connectivity index is 1.92. The predicted octanol–water partition coefficient (Wildman–Crippen LogP) is 3.82. The molecule has 7 heteroatoms. The van der Waals surface area contributed by atoms with Gasteiger partial charge in [0, 0.05) is 41.6 Å². The third-order valence-corrected chi connectivity index (χ3v) is 4.12. The smallest absolute Gasteiger partial charge is 0.251 e. The van der Waals surface area contributed by atoms with Crippen LogP contribution >= 0.6 is 11.6 Å². The van der Waals surface area contributed by atoms with E-state index < -0.39 is 11.7 Å². The SMILES string of the molecule is CCOCCCNC(=O)c1cccc(NC(=O)Cc2c(F)cccc2Cl)c1. The molecule has 0 aliphatic carbocycles. The summed E-state index contributed by atoms with van der Waals surface area (Å²) in [6.45, 7) is 3.65. The molecule has 2 aromatic carbocycles. The molecule has 0 spiro atoms. The fourth-order valence-corrected chi connectivity index (χ4v) is 2.66. The highest BCUT2D eigenvalue weighted by Crippen LogP contribution is 2.20. The van der Waals surface area contributed by atoms with Crippen LogP contribution in [0.25, 0.3) is 0 Å². The van der Waals surface area contributed by atoms with Crippen LogP contribution in [0, 0.1) is 5.82 Å². The zero-order valence-electron chi connectivity index (χ0n) is 15.1. The molecule has 0 saturated carbocycles. The number of anilines is 1. The van der Waals surface area contributed by atoms with Crippen LogP contribution in [0.1, 0.15) is 29.3 Å². The monoisotopic (exact) mass is 392 g/mol. The van der Waals surface area contributed by atoms with Gasteiger partial charge in [-0.05, 0) is 43.7 Å². The Morgan fingerprint density at radius 3 is 2.70 bits per heavy atom. The number of carbonyl (C=O) groups is 2. The van der Waals surface area contributed by atoms with Crippen molar-refractivity contribution in [3.8, 4) is 0 Å². The Labute approximate surface area is 162 Å². The summed E-state index contributed by atoms with van der Waals surface area (Å²) in [5, 5.41) is 5.65. The summed E-state index contributed by atoms with van der Waals surface area (Å²) in [6.07, 6.45) is 0.527. The van der Waals surface area contributed by atoms with Crippen molar-refractivity contribution < 1.29 is 18.7 Å². The average Bonchev–Trinajstić information content (AvgIpc) is 2.65. The summed E-state index contributed by atoms with van der Waals surface area (Å²) in [5.41, 5.74) is 1.02. The maximum atomic E-state index is 13.8. The maximum Gasteiger partial charge on any atom is 0.251 e. The van der Waals surface area contributed by atoms with Crippen molar-refractivity contribution >= 4 is 29.1 Å². The summed E-state index contributed by atoms with van der Waals surface area (Å²) < 4.78 is 19.0. The second kappa shape index (κ2) is 10.6. The van der Waals surface area contributed by atoms with E-state index in [4.69, 9.17) is 16.3 Å². The molecule has 144 valence electrons. The van der Waals surface area contributed by atoms with E-state index in [1.54, 1.807) is 24.3 Å². The topological polar surface area (TPSA) is 67.4 Å². The highest BCUT2D eigenvalue weighted by Gasteiger charge is 2.13. The molecule has 0 fully saturated rings. The molecule has 0 bridgehead atoms. The van der Waals surface area contributed by atoms with E-state index in [1.807, 2.05) is 6.92 Å². The van der Waals surface area contributed by atoms with Crippen molar-refractivity contribution in [3.63, 3.8) is 0 Å². The van der Waals surface area contributed by atoms with Crippen LogP contribution in [0.15, 0.2) is 42.5 Å². The van der Waals surface area contributed by atoms with Gasteiger partial charge in [0.2, 0.25) is 5.91 Å². The van der Waals surface area contributed by atoms with Crippen LogP contribution in [0.2, 0.25) is 5.02 Å². The minimum absolute atomic E-state index is 0.139. The molecule has 27 heavy (non-hydrogen) atoms.